The molecule has 0 bridgehead atoms. The maximum Gasteiger partial charge on any atom is 0.181 e. The highest BCUT2D eigenvalue weighted by atomic mass is 16.3. The van der Waals surface area contributed by atoms with Crippen LogP contribution in [-0.2, 0) is 4.79 Å². The Kier molecular flexibility index (Phi) is 4.47. The minimum atomic E-state index is -0.565. The van der Waals surface area contributed by atoms with E-state index in [0.717, 1.165) is 12.0 Å². The predicted octanol–water partition coefficient (Wildman–Crippen LogP) is 3.19. The van der Waals surface area contributed by atoms with E-state index >= 15 is 0 Å². The summed E-state index contributed by atoms with van der Waals surface area (Å²) < 4.78 is 0. The maximum atomic E-state index is 11.8. The lowest BCUT2D eigenvalue weighted by molar-refractivity contribution is -0.111. The van der Waals surface area contributed by atoms with E-state index in [1.807, 2.05) is 13.0 Å². The molecule has 0 aliphatic heterocycles. The second kappa shape index (κ2) is 5.46. The van der Waals surface area contributed by atoms with Crippen molar-refractivity contribution in [1.29, 1.82) is 0 Å². The minimum absolute atomic E-state index is 0.0170. The quantitative estimate of drug-likeness (QED) is 0.654. The Hall–Kier alpha value is -1.15. The molecule has 1 unspecified atom stereocenters. The number of aliphatic hydroxyl groups is 1. The smallest absolute Gasteiger partial charge is 0.181 e. The number of carbonyl (C=O) groups excluding carboxylic acids is 1. The van der Waals surface area contributed by atoms with Crippen LogP contribution in [0.1, 0.15) is 40.5 Å². The van der Waals surface area contributed by atoms with Crippen molar-refractivity contribution in [2.45, 2.75) is 46.6 Å². The fraction of sp³-hybridized carbons (Fsp3) is 0.533. The highest BCUT2D eigenvalue weighted by Gasteiger charge is 2.15. The highest BCUT2D eigenvalue weighted by Crippen LogP contribution is 2.25. The van der Waals surface area contributed by atoms with Gasteiger partial charge in [-0.3, -0.25) is 4.79 Å². The van der Waals surface area contributed by atoms with Crippen molar-refractivity contribution in [3.63, 3.8) is 0 Å². The molecule has 0 fully saturated rings. The van der Waals surface area contributed by atoms with E-state index in [-0.39, 0.29) is 11.2 Å². The molecule has 94 valence electrons. The third kappa shape index (κ3) is 4.70. The molecule has 1 rings (SSSR count). The lowest BCUT2D eigenvalue weighted by Gasteiger charge is -2.18. The summed E-state index contributed by atoms with van der Waals surface area (Å²) in [5, 5.41) is 9.82. The lowest BCUT2D eigenvalue weighted by Crippen LogP contribution is -2.07. The van der Waals surface area contributed by atoms with Gasteiger partial charge in [0.25, 0.3) is 0 Å². The minimum Gasteiger partial charge on any atom is -0.389 e. The molecule has 2 nitrogen and oxygen atoms in total. The van der Waals surface area contributed by atoms with E-state index in [1.54, 1.807) is 19.1 Å². The highest BCUT2D eigenvalue weighted by molar-refractivity contribution is 6.03. The van der Waals surface area contributed by atoms with Gasteiger partial charge >= 0.3 is 0 Å². The molecule has 0 amide bonds. The molecule has 0 heterocycles. The Morgan fingerprint density at radius 3 is 2.65 bits per heavy atom. The average Bonchev–Trinajstić information content (AvgIpc) is 2.23. The van der Waals surface area contributed by atoms with E-state index in [0.29, 0.717) is 12.0 Å². The van der Waals surface area contributed by atoms with Crippen molar-refractivity contribution in [2.24, 2.45) is 5.41 Å². The molecule has 1 N–H and O–H groups in total. The number of allylic oxidation sites excluding steroid dienone is 4. The van der Waals surface area contributed by atoms with Crippen molar-refractivity contribution in [3.05, 3.63) is 35.5 Å². The fourth-order valence-corrected chi connectivity index (χ4v) is 1.78. The Labute approximate surface area is 104 Å². The number of rotatable bonds is 0. The van der Waals surface area contributed by atoms with Crippen molar-refractivity contribution in [2.75, 3.05) is 0 Å². The van der Waals surface area contributed by atoms with Gasteiger partial charge in [-0.25, -0.2) is 0 Å². The molecule has 1 aliphatic rings. The van der Waals surface area contributed by atoms with E-state index in [2.05, 4.69) is 19.9 Å². The van der Waals surface area contributed by atoms with Crippen molar-refractivity contribution < 1.29 is 9.90 Å². The Morgan fingerprint density at radius 2 is 2.00 bits per heavy atom. The monoisotopic (exact) mass is 234 g/mol. The first kappa shape index (κ1) is 13.9. The van der Waals surface area contributed by atoms with Crippen molar-refractivity contribution in [3.8, 4) is 0 Å². The largest absolute Gasteiger partial charge is 0.389 e. The molecule has 0 saturated heterocycles. The van der Waals surface area contributed by atoms with Gasteiger partial charge in [0.05, 0.1) is 6.10 Å². The molecule has 0 aromatic carbocycles. The van der Waals surface area contributed by atoms with Crippen LogP contribution in [0.2, 0.25) is 0 Å². The van der Waals surface area contributed by atoms with Gasteiger partial charge in [-0.05, 0) is 49.8 Å². The number of hydrogen-bond donors (Lipinski definition) is 1. The van der Waals surface area contributed by atoms with Crippen LogP contribution in [0.5, 0.6) is 0 Å². The predicted molar refractivity (Wildman–Crippen MR) is 70.7 cm³/mol. The first-order valence-electron chi connectivity index (χ1n) is 6.06. The summed E-state index contributed by atoms with van der Waals surface area (Å²) in [5.41, 5.74) is 1.75. The van der Waals surface area contributed by atoms with E-state index in [9.17, 15) is 9.90 Å². The molecule has 0 saturated carbocycles. The van der Waals surface area contributed by atoms with Gasteiger partial charge in [0, 0.05) is 0 Å². The first-order chi connectivity index (χ1) is 7.80. The maximum absolute atomic E-state index is 11.8. The summed E-state index contributed by atoms with van der Waals surface area (Å²) in [6.45, 7) is 7.98. The molecular formula is C15H22O2. The standard InChI is InChI=1S/C15H22O2/c1-11-5-7-15(3,4)8-6-14(17)12(2)10-13(16)9-11/h5-6,8,10,13,16H,7,9H2,1-4H3/b8-6+,11-5+,12-10+. The summed E-state index contributed by atoms with van der Waals surface area (Å²) in [4.78, 5) is 11.8. The molecule has 0 aromatic heterocycles. The second-order valence-electron chi connectivity index (χ2n) is 5.56. The van der Waals surface area contributed by atoms with Crippen LogP contribution in [0, 0.1) is 5.41 Å². The van der Waals surface area contributed by atoms with Crippen LogP contribution in [0.4, 0.5) is 0 Å². The summed E-state index contributed by atoms with van der Waals surface area (Å²) in [6, 6.07) is 0. The molecule has 2 heteroatoms. The van der Waals surface area contributed by atoms with Gasteiger partial charge in [0.2, 0.25) is 0 Å². The molecule has 1 aliphatic carbocycles. The average molecular weight is 234 g/mol. The topological polar surface area (TPSA) is 37.3 Å². The summed E-state index contributed by atoms with van der Waals surface area (Å²) >= 11 is 0. The number of ketones is 1. The zero-order valence-corrected chi connectivity index (χ0v) is 11.2. The normalized spacial score (nSPS) is 33.9. The van der Waals surface area contributed by atoms with Gasteiger partial charge in [-0.15, -0.1) is 0 Å². The zero-order valence-electron chi connectivity index (χ0n) is 11.2. The van der Waals surface area contributed by atoms with Crippen LogP contribution in [-0.4, -0.2) is 17.0 Å². The van der Waals surface area contributed by atoms with Crippen LogP contribution in [0.15, 0.2) is 35.5 Å². The van der Waals surface area contributed by atoms with Crippen molar-refractivity contribution >= 4 is 5.78 Å². The molecule has 0 spiro atoms. The van der Waals surface area contributed by atoms with Crippen LogP contribution in [0.25, 0.3) is 0 Å². The second-order valence-corrected chi connectivity index (χ2v) is 5.56. The van der Waals surface area contributed by atoms with Gasteiger partial charge in [0.15, 0.2) is 5.78 Å². The lowest BCUT2D eigenvalue weighted by atomic mass is 9.87. The summed E-state index contributed by atoms with van der Waals surface area (Å²) in [6.07, 6.45) is 8.27. The molecule has 17 heavy (non-hydrogen) atoms. The van der Waals surface area contributed by atoms with Crippen LogP contribution >= 0.6 is 0 Å². The molecule has 0 aromatic rings. The van der Waals surface area contributed by atoms with Crippen molar-refractivity contribution in [1.82, 2.24) is 0 Å². The Balaban J connectivity index is 3.05. The van der Waals surface area contributed by atoms with Gasteiger partial charge in [-0.2, -0.15) is 0 Å². The molecule has 0 radical (unpaired) electrons. The zero-order chi connectivity index (χ0) is 13.1. The number of hydrogen-bond acceptors (Lipinski definition) is 2. The first-order valence-corrected chi connectivity index (χ1v) is 6.06. The summed E-state index contributed by atoms with van der Waals surface area (Å²) in [5.74, 6) is -0.0170. The van der Waals surface area contributed by atoms with E-state index < -0.39 is 6.10 Å². The third-order valence-corrected chi connectivity index (χ3v) is 3.02. The van der Waals surface area contributed by atoms with E-state index in [4.69, 9.17) is 0 Å². The Bertz CT molecular complexity index is 384. The third-order valence-electron chi connectivity index (χ3n) is 3.02. The number of aliphatic hydroxyl groups excluding tert-OH is 1. The van der Waals surface area contributed by atoms with Gasteiger partial charge < -0.3 is 5.11 Å². The summed E-state index contributed by atoms with van der Waals surface area (Å²) in [7, 11) is 0. The Morgan fingerprint density at radius 1 is 1.35 bits per heavy atom. The van der Waals surface area contributed by atoms with Gasteiger partial charge in [0.1, 0.15) is 0 Å². The number of carbonyl (C=O) groups is 1. The van der Waals surface area contributed by atoms with Crippen LogP contribution in [0.3, 0.4) is 0 Å². The SMILES string of the molecule is C/C1=C\CC(C)(C)/C=C/C(=O)/C(C)=C/C(O)C1. The molecular weight excluding hydrogens is 212 g/mol. The van der Waals surface area contributed by atoms with Crippen LogP contribution < -0.4 is 0 Å². The van der Waals surface area contributed by atoms with E-state index in [1.165, 1.54) is 0 Å². The fourth-order valence-electron chi connectivity index (χ4n) is 1.78. The molecule has 1 atom stereocenters. The van der Waals surface area contributed by atoms with Gasteiger partial charge in [-0.1, -0.05) is 31.6 Å².